The fourth-order valence-electron chi connectivity index (χ4n) is 2.95. The Morgan fingerprint density at radius 1 is 1.24 bits per heavy atom. The van der Waals surface area contributed by atoms with Crippen molar-refractivity contribution in [3.63, 3.8) is 0 Å². The van der Waals surface area contributed by atoms with E-state index in [0.717, 1.165) is 12.8 Å². The van der Waals surface area contributed by atoms with Crippen molar-refractivity contribution in [2.45, 2.75) is 45.7 Å². The average molecular weight is 414 g/mol. The zero-order valence-electron chi connectivity index (χ0n) is 14.8. The van der Waals surface area contributed by atoms with Crippen molar-refractivity contribution in [2.75, 3.05) is 18.4 Å². The van der Waals surface area contributed by atoms with Crippen LogP contribution in [0.25, 0.3) is 0 Å². The van der Waals surface area contributed by atoms with Gasteiger partial charge in [0.15, 0.2) is 0 Å². The summed E-state index contributed by atoms with van der Waals surface area (Å²) < 4.78 is 14.5. The summed E-state index contributed by atoms with van der Waals surface area (Å²) in [6.45, 7) is 7.04. The van der Waals surface area contributed by atoms with E-state index in [-0.39, 0.29) is 35.5 Å². The summed E-state index contributed by atoms with van der Waals surface area (Å²) in [4.78, 5) is 26.5. The molecule has 1 aromatic carbocycles. The number of carbonyl (C=O) groups is 2. The van der Waals surface area contributed by atoms with E-state index < -0.39 is 5.82 Å². The highest BCUT2D eigenvalue weighted by atomic mass is 79.9. The second-order valence-electron chi connectivity index (χ2n) is 6.76. The van der Waals surface area contributed by atoms with E-state index in [1.165, 1.54) is 12.1 Å². The van der Waals surface area contributed by atoms with Gasteiger partial charge in [-0.1, -0.05) is 15.9 Å². The Kier molecular flexibility index (Phi) is 6.95. The van der Waals surface area contributed by atoms with Gasteiger partial charge in [0.1, 0.15) is 5.82 Å². The molecule has 1 fully saturated rings. The Morgan fingerprint density at radius 3 is 2.44 bits per heavy atom. The lowest BCUT2D eigenvalue weighted by atomic mass is 9.94. The van der Waals surface area contributed by atoms with Crippen molar-refractivity contribution in [2.24, 2.45) is 5.92 Å². The molecule has 0 aliphatic carbocycles. The smallest absolute Gasteiger partial charge is 0.241 e. The molecule has 7 heteroatoms. The monoisotopic (exact) mass is 413 g/mol. The van der Waals surface area contributed by atoms with Gasteiger partial charge in [-0.25, -0.2) is 4.39 Å². The molecule has 0 saturated carbocycles. The third kappa shape index (κ3) is 5.51. The van der Waals surface area contributed by atoms with Crippen LogP contribution in [0.3, 0.4) is 0 Å². The molecule has 2 N–H and O–H groups in total. The van der Waals surface area contributed by atoms with Crippen LogP contribution in [0.1, 0.15) is 33.6 Å². The number of amides is 2. The quantitative estimate of drug-likeness (QED) is 0.778. The number of likely N-dealkylation sites (tertiary alicyclic amines) is 1. The van der Waals surface area contributed by atoms with E-state index in [4.69, 9.17) is 0 Å². The van der Waals surface area contributed by atoms with Crippen LogP contribution in [-0.2, 0) is 9.59 Å². The van der Waals surface area contributed by atoms with Crippen molar-refractivity contribution in [1.29, 1.82) is 0 Å². The van der Waals surface area contributed by atoms with Crippen LogP contribution < -0.4 is 10.6 Å². The van der Waals surface area contributed by atoms with Gasteiger partial charge in [-0.3, -0.25) is 14.5 Å². The van der Waals surface area contributed by atoms with Gasteiger partial charge in [0.25, 0.3) is 0 Å². The minimum Gasteiger partial charge on any atom is -0.354 e. The lowest BCUT2D eigenvalue weighted by Crippen LogP contribution is -2.48. The van der Waals surface area contributed by atoms with Crippen LogP contribution >= 0.6 is 15.9 Å². The summed E-state index contributed by atoms with van der Waals surface area (Å²) in [7, 11) is 0. The number of anilines is 1. The summed E-state index contributed by atoms with van der Waals surface area (Å²) in [5.41, 5.74) is 0.172. The summed E-state index contributed by atoms with van der Waals surface area (Å²) in [5.74, 6) is -0.633. The zero-order chi connectivity index (χ0) is 18.6. The molecule has 2 amide bonds. The average Bonchev–Trinajstić information content (AvgIpc) is 2.56. The molecule has 0 radical (unpaired) electrons. The van der Waals surface area contributed by atoms with E-state index >= 15 is 0 Å². The Morgan fingerprint density at radius 2 is 1.88 bits per heavy atom. The third-order valence-electron chi connectivity index (χ3n) is 4.45. The molecular weight excluding hydrogens is 389 g/mol. The normalized spacial score (nSPS) is 17.4. The molecule has 0 aromatic heterocycles. The topological polar surface area (TPSA) is 61.4 Å². The minimum atomic E-state index is -0.473. The molecule has 0 spiro atoms. The molecule has 1 aliphatic rings. The number of hydrogen-bond donors (Lipinski definition) is 2. The maximum atomic E-state index is 13.9. The first-order chi connectivity index (χ1) is 11.8. The van der Waals surface area contributed by atoms with Gasteiger partial charge in [-0.15, -0.1) is 0 Å². The van der Waals surface area contributed by atoms with E-state index in [1.54, 1.807) is 13.0 Å². The molecule has 1 aliphatic heterocycles. The maximum absolute atomic E-state index is 13.9. The number of piperidine rings is 1. The van der Waals surface area contributed by atoms with E-state index in [0.29, 0.717) is 17.6 Å². The van der Waals surface area contributed by atoms with Crippen molar-refractivity contribution in [3.05, 3.63) is 28.5 Å². The molecule has 2 rings (SSSR count). The fraction of sp³-hybridized carbons (Fsp3) is 0.556. The number of halogens is 2. The molecule has 5 nitrogen and oxygen atoms in total. The van der Waals surface area contributed by atoms with Crippen LogP contribution in [0, 0.1) is 11.7 Å². The summed E-state index contributed by atoms with van der Waals surface area (Å²) in [6, 6.07) is 4.29. The minimum absolute atomic E-state index is 0.00201. The molecule has 1 aromatic rings. The first kappa shape index (κ1) is 19.8. The zero-order valence-corrected chi connectivity index (χ0v) is 16.4. The second-order valence-corrected chi connectivity index (χ2v) is 7.68. The molecular formula is C18H25BrFN3O2. The molecule has 1 atom stereocenters. The second kappa shape index (κ2) is 8.76. The van der Waals surface area contributed by atoms with Gasteiger partial charge in [-0.2, -0.15) is 0 Å². The van der Waals surface area contributed by atoms with Gasteiger partial charge in [0, 0.05) is 16.4 Å². The molecule has 25 heavy (non-hydrogen) atoms. The Balaban J connectivity index is 1.88. The summed E-state index contributed by atoms with van der Waals surface area (Å²) in [6.07, 6.45) is 1.45. The number of benzene rings is 1. The van der Waals surface area contributed by atoms with Gasteiger partial charge in [0.05, 0.1) is 11.7 Å². The van der Waals surface area contributed by atoms with Gasteiger partial charge < -0.3 is 10.6 Å². The number of carbonyl (C=O) groups excluding carboxylic acids is 2. The molecule has 0 bridgehead atoms. The molecule has 1 unspecified atom stereocenters. The lowest BCUT2D eigenvalue weighted by molar-refractivity contribution is -0.127. The first-order valence-corrected chi connectivity index (χ1v) is 9.37. The van der Waals surface area contributed by atoms with E-state index in [1.807, 2.05) is 18.7 Å². The van der Waals surface area contributed by atoms with Gasteiger partial charge >= 0.3 is 0 Å². The predicted octanol–water partition coefficient (Wildman–Crippen LogP) is 3.15. The summed E-state index contributed by atoms with van der Waals surface area (Å²) in [5, 5.41) is 5.58. The van der Waals surface area contributed by atoms with Crippen molar-refractivity contribution in [1.82, 2.24) is 10.2 Å². The van der Waals surface area contributed by atoms with Gasteiger partial charge in [0.2, 0.25) is 11.8 Å². The van der Waals surface area contributed by atoms with Crippen molar-refractivity contribution >= 4 is 33.4 Å². The van der Waals surface area contributed by atoms with Crippen molar-refractivity contribution in [3.8, 4) is 0 Å². The Bertz CT molecular complexity index is 631. The third-order valence-corrected chi connectivity index (χ3v) is 4.94. The highest BCUT2D eigenvalue weighted by molar-refractivity contribution is 9.10. The van der Waals surface area contributed by atoms with Crippen LogP contribution in [-0.4, -0.2) is 41.9 Å². The molecule has 1 heterocycles. The van der Waals surface area contributed by atoms with Crippen LogP contribution in [0.2, 0.25) is 0 Å². The molecule has 138 valence electrons. The highest BCUT2D eigenvalue weighted by Crippen LogP contribution is 2.22. The number of rotatable bonds is 5. The number of hydrogen-bond acceptors (Lipinski definition) is 3. The summed E-state index contributed by atoms with van der Waals surface area (Å²) >= 11 is 3.19. The highest BCUT2D eigenvalue weighted by Gasteiger charge is 2.30. The van der Waals surface area contributed by atoms with E-state index in [9.17, 15) is 14.0 Å². The van der Waals surface area contributed by atoms with Crippen molar-refractivity contribution < 1.29 is 14.0 Å². The SMILES string of the molecule is CC(C)NC(=O)C1CCN(C(C)C(=O)Nc2ccc(Br)cc2F)CC1. The maximum Gasteiger partial charge on any atom is 0.241 e. The van der Waals surface area contributed by atoms with Gasteiger partial charge in [-0.05, 0) is 64.9 Å². The standard InChI is InChI=1S/C18H25BrFN3O2/c1-11(2)21-18(25)13-6-8-23(9-7-13)12(3)17(24)22-16-5-4-14(19)10-15(16)20/h4-5,10-13H,6-9H2,1-3H3,(H,21,25)(H,22,24). The predicted molar refractivity (Wildman–Crippen MR) is 99.8 cm³/mol. The van der Waals surface area contributed by atoms with E-state index in [2.05, 4.69) is 26.6 Å². The Hall–Kier alpha value is -1.47. The molecule has 1 saturated heterocycles. The van der Waals surface area contributed by atoms with Crippen LogP contribution in [0.15, 0.2) is 22.7 Å². The van der Waals surface area contributed by atoms with Crippen LogP contribution in [0.5, 0.6) is 0 Å². The number of nitrogens with one attached hydrogen (secondary N) is 2. The lowest BCUT2D eigenvalue weighted by Gasteiger charge is -2.35. The largest absolute Gasteiger partial charge is 0.354 e. The van der Waals surface area contributed by atoms with Crippen LogP contribution in [0.4, 0.5) is 10.1 Å². The number of nitrogens with zero attached hydrogens (tertiary/aromatic N) is 1. The Labute approximate surface area is 156 Å². The fourth-order valence-corrected chi connectivity index (χ4v) is 3.28. The first-order valence-electron chi connectivity index (χ1n) is 8.58.